The molecule has 18 heavy (non-hydrogen) atoms. The summed E-state index contributed by atoms with van der Waals surface area (Å²) in [4.78, 5) is 16.1. The molecule has 1 N–H and O–H groups in total. The minimum atomic E-state index is -0.362. The first kappa shape index (κ1) is 12.8. The first-order valence-electron chi connectivity index (χ1n) is 5.60. The van der Waals surface area contributed by atoms with Gasteiger partial charge in [-0.25, -0.2) is 4.79 Å². The summed E-state index contributed by atoms with van der Waals surface area (Å²) in [5.41, 5.74) is 2.02. The maximum atomic E-state index is 11.8. The molecular formula is C13H13BrN2O2. The summed E-state index contributed by atoms with van der Waals surface area (Å²) in [6, 6.07) is 5.74. The van der Waals surface area contributed by atoms with E-state index in [2.05, 4.69) is 26.2 Å². The molecule has 4 nitrogen and oxygen atoms in total. The Kier molecular flexibility index (Phi) is 3.81. The predicted octanol–water partition coefficient (Wildman–Crippen LogP) is 3.22. The van der Waals surface area contributed by atoms with Crippen LogP contribution >= 0.6 is 15.9 Å². The molecule has 0 saturated heterocycles. The lowest BCUT2D eigenvalue weighted by atomic mass is 10.1. The summed E-state index contributed by atoms with van der Waals surface area (Å²) in [6.45, 7) is 2.13. The minimum Gasteiger partial charge on any atom is -0.462 e. The van der Waals surface area contributed by atoms with Crippen molar-refractivity contribution in [3.63, 3.8) is 0 Å². The number of esters is 1. The Bertz CT molecular complexity index is 599. The molecule has 5 heteroatoms. The zero-order valence-corrected chi connectivity index (χ0v) is 11.7. The van der Waals surface area contributed by atoms with Gasteiger partial charge in [0.15, 0.2) is 0 Å². The van der Waals surface area contributed by atoms with Gasteiger partial charge in [-0.1, -0.05) is 15.9 Å². The van der Waals surface area contributed by atoms with Crippen molar-refractivity contribution in [2.45, 2.75) is 6.92 Å². The Morgan fingerprint density at radius 1 is 1.50 bits per heavy atom. The average Bonchev–Trinajstić information content (AvgIpc) is 2.37. The van der Waals surface area contributed by atoms with Gasteiger partial charge in [0.1, 0.15) is 5.56 Å². The molecule has 0 saturated carbocycles. The average molecular weight is 309 g/mol. The highest BCUT2D eigenvalue weighted by atomic mass is 79.9. The summed E-state index contributed by atoms with van der Waals surface area (Å²) >= 11 is 3.40. The van der Waals surface area contributed by atoms with Crippen LogP contribution in [0.2, 0.25) is 0 Å². The van der Waals surface area contributed by atoms with Crippen LogP contribution in [0.5, 0.6) is 0 Å². The third-order valence-electron chi connectivity index (χ3n) is 2.58. The second-order valence-corrected chi connectivity index (χ2v) is 4.59. The molecular weight excluding hydrogens is 296 g/mol. The van der Waals surface area contributed by atoms with E-state index in [9.17, 15) is 4.79 Å². The van der Waals surface area contributed by atoms with Crippen molar-refractivity contribution in [2.24, 2.45) is 0 Å². The second kappa shape index (κ2) is 5.35. The van der Waals surface area contributed by atoms with Crippen LogP contribution in [0.4, 0.5) is 5.69 Å². The Morgan fingerprint density at radius 2 is 2.28 bits per heavy atom. The van der Waals surface area contributed by atoms with Crippen LogP contribution in [0.15, 0.2) is 28.9 Å². The monoisotopic (exact) mass is 308 g/mol. The summed E-state index contributed by atoms with van der Waals surface area (Å²) in [6.07, 6.45) is 1.54. The third-order valence-corrected chi connectivity index (χ3v) is 3.07. The molecule has 0 aliphatic rings. The van der Waals surface area contributed by atoms with Crippen molar-refractivity contribution in [1.29, 1.82) is 0 Å². The molecule has 0 amide bonds. The normalized spacial score (nSPS) is 10.4. The van der Waals surface area contributed by atoms with Crippen LogP contribution < -0.4 is 5.32 Å². The molecule has 1 aromatic heterocycles. The Labute approximate surface area is 113 Å². The van der Waals surface area contributed by atoms with Gasteiger partial charge in [-0.05, 0) is 25.1 Å². The van der Waals surface area contributed by atoms with Crippen LogP contribution in [-0.4, -0.2) is 24.6 Å². The van der Waals surface area contributed by atoms with Gasteiger partial charge in [-0.15, -0.1) is 0 Å². The number of ether oxygens (including phenoxy) is 1. The number of benzene rings is 1. The van der Waals surface area contributed by atoms with Crippen LogP contribution in [0.25, 0.3) is 10.9 Å². The largest absolute Gasteiger partial charge is 0.462 e. The standard InChI is InChI=1S/C13H13BrN2O2/c1-3-18-13(17)10-7-16-11-6-8(14)4-5-9(11)12(10)15-2/h4-7H,3H2,1-2H3,(H,15,16). The van der Waals surface area contributed by atoms with Crippen molar-refractivity contribution in [1.82, 2.24) is 4.98 Å². The number of nitrogens with zero attached hydrogens (tertiary/aromatic N) is 1. The molecule has 0 spiro atoms. The molecule has 0 aliphatic heterocycles. The zero-order valence-electron chi connectivity index (χ0n) is 10.2. The Hall–Kier alpha value is -1.62. The number of pyridine rings is 1. The number of hydrogen-bond acceptors (Lipinski definition) is 4. The van der Waals surface area contributed by atoms with E-state index in [1.54, 1.807) is 20.2 Å². The second-order valence-electron chi connectivity index (χ2n) is 3.68. The molecule has 0 unspecified atom stereocenters. The van der Waals surface area contributed by atoms with E-state index in [4.69, 9.17) is 4.74 Å². The fourth-order valence-corrected chi connectivity index (χ4v) is 2.15. The van der Waals surface area contributed by atoms with Gasteiger partial charge >= 0.3 is 5.97 Å². The summed E-state index contributed by atoms with van der Waals surface area (Å²) in [5, 5.41) is 3.94. The smallest absolute Gasteiger partial charge is 0.341 e. The highest BCUT2D eigenvalue weighted by Crippen LogP contribution is 2.28. The Morgan fingerprint density at radius 3 is 2.94 bits per heavy atom. The lowest BCUT2D eigenvalue weighted by molar-refractivity contribution is 0.0527. The molecule has 2 aromatic rings. The number of hydrogen-bond donors (Lipinski definition) is 1. The fraction of sp³-hybridized carbons (Fsp3) is 0.231. The number of fused-ring (bicyclic) bond motifs is 1. The van der Waals surface area contributed by atoms with Gasteiger partial charge in [0.05, 0.1) is 17.8 Å². The summed E-state index contributed by atoms with van der Waals surface area (Å²) in [7, 11) is 1.78. The van der Waals surface area contributed by atoms with E-state index in [0.717, 1.165) is 21.1 Å². The fourth-order valence-electron chi connectivity index (χ4n) is 1.80. The van der Waals surface area contributed by atoms with E-state index < -0.39 is 0 Å². The number of carbonyl (C=O) groups excluding carboxylic acids is 1. The maximum Gasteiger partial charge on any atom is 0.341 e. The molecule has 0 atom stereocenters. The minimum absolute atomic E-state index is 0.348. The van der Waals surface area contributed by atoms with E-state index in [1.807, 2.05) is 18.2 Å². The van der Waals surface area contributed by atoms with Crippen LogP contribution in [0.1, 0.15) is 17.3 Å². The quantitative estimate of drug-likeness (QED) is 0.885. The SMILES string of the molecule is CCOC(=O)c1cnc2cc(Br)ccc2c1NC. The van der Waals surface area contributed by atoms with Crippen molar-refractivity contribution in [3.05, 3.63) is 34.4 Å². The highest BCUT2D eigenvalue weighted by Gasteiger charge is 2.15. The molecule has 1 heterocycles. The lowest BCUT2D eigenvalue weighted by Gasteiger charge is -2.11. The van der Waals surface area contributed by atoms with E-state index in [-0.39, 0.29) is 5.97 Å². The predicted molar refractivity (Wildman–Crippen MR) is 74.9 cm³/mol. The topological polar surface area (TPSA) is 51.2 Å². The van der Waals surface area contributed by atoms with E-state index in [0.29, 0.717) is 12.2 Å². The molecule has 1 aromatic carbocycles. The summed E-state index contributed by atoms with van der Waals surface area (Å²) < 4.78 is 5.97. The Balaban J connectivity index is 2.62. The summed E-state index contributed by atoms with van der Waals surface area (Å²) in [5.74, 6) is -0.362. The number of anilines is 1. The van der Waals surface area contributed by atoms with Crippen molar-refractivity contribution >= 4 is 38.5 Å². The van der Waals surface area contributed by atoms with Gasteiger partial charge in [-0.2, -0.15) is 0 Å². The van der Waals surface area contributed by atoms with Crippen LogP contribution in [-0.2, 0) is 4.74 Å². The third kappa shape index (κ3) is 2.31. The van der Waals surface area contributed by atoms with E-state index in [1.165, 1.54) is 0 Å². The van der Waals surface area contributed by atoms with Gasteiger partial charge in [-0.3, -0.25) is 4.98 Å². The zero-order chi connectivity index (χ0) is 13.1. The number of nitrogens with one attached hydrogen (secondary N) is 1. The highest BCUT2D eigenvalue weighted by molar-refractivity contribution is 9.10. The lowest BCUT2D eigenvalue weighted by Crippen LogP contribution is -2.09. The van der Waals surface area contributed by atoms with Gasteiger partial charge in [0, 0.05) is 23.1 Å². The molecule has 0 bridgehead atoms. The first-order chi connectivity index (χ1) is 8.67. The van der Waals surface area contributed by atoms with Crippen LogP contribution in [0, 0.1) is 0 Å². The van der Waals surface area contributed by atoms with E-state index >= 15 is 0 Å². The number of aromatic nitrogens is 1. The molecule has 2 rings (SSSR count). The first-order valence-corrected chi connectivity index (χ1v) is 6.39. The van der Waals surface area contributed by atoms with Crippen LogP contribution in [0.3, 0.4) is 0 Å². The van der Waals surface area contributed by atoms with Gasteiger partial charge in [0.2, 0.25) is 0 Å². The van der Waals surface area contributed by atoms with Gasteiger partial charge < -0.3 is 10.1 Å². The number of rotatable bonds is 3. The molecule has 94 valence electrons. The number of halogens is 1. The van der Waals surface area contributed by atoms with Gasteiger partial charge in [0.25, 0.3) is 0 Å². The van der Waals surface area contributed by atoms with Crippen molar-refractivity contribution < 1.29 is 9.53 Å². The molecule has 0 fully saturated rings. The van der Waals surface area contributed by atoms with Crippen molar-refractivity contribution in [2.75, 3.05) is 19.0 Å². The van der Waals surface area contributed by atoms with Crippen molar-refractivity contribution in [3.8, 4) is 0 Å². The number of carbonyl (C=O) groups is 1. The maximum absolute atomic E-state index is 11.8. The molecule has 0 aliphatic carbocycles. The molecule has 0 radical (unpaired) electrons.